The molecule has 0 aliphatic heterocycles. The van der Waals surface area contributed by atoms with E-state index in [1.807, 2.05) is 0 Å². The zero-order chi connectivity index (χ0) is 37.2. The molecule has 0 aliphatic rings. The number of carbonyl (C=O) groups is 3. The molecule has 0 unspecified atom stereocenters. The topological polar surface area (TPSA) is 214 Å². The SMILES string of the molecule is Cc1c(O)c(=O)ccn1CCCNC(=O)c1cc(C(=O)NCCCn2ccc(=O)c(O)c2C)cc(C(=O)NCCCn2ccc(=O)c(O)c2C)c1.[Fe]. The van der Waals surface area contributed by atoms with Crippen LogP contribution in [0.2, 0.25) is 0 Å². The number of rotatable bonds is 15. The molecule has 3 amide bonds. The van der Waals surface area contributed by atoms with Crippen LogP contribution in [0, 0.1) is 20.8 Å². The number of aromatic nitrogens is 3. The van der Waals surface area contributed by atoms with Crippen molar-refractivity contribution in [2.75, 3.05) is 19.6 Å². The second-order valence-electron chi connectivity index (χ2n) is 12.0. The van der Waals surface area contributed by atoms with Crippen molar-refractivity contribution in [1.29, 1.82) is 0 Å². The minimum absolute atomic E-state index is 0. The summed E-state index contributed by atoms with van der Waals surface area (Å²) < 4.78 is 5.08. The van der Waals surface area contributed by atoms with Gasteiger partial charge in [0, 0.05) is 110 Å². The maximum absolute atomic E-state index is 13.2. The third-order valence-electron chi connectivity index (χ3n) is 8.54. The molecule has 6 N–H and O–H groups in total. The Bertz CT molecular complexity index is 1870. The van der Waals surface area contributed by atoms with Crippen molar-refractivity contribution < 1.29 is 46.8 Å². The Morgan fingerprint density at radius 1 is 0.519 bits per heavy atom. The van der Waals surface area contributed by atoms with Gasteiger partial charge in [-0.2, -0.15) is 0 Å². The van der Waals surface area contributed by atoms with Crippen molar-refractivity contribution in [3.05, 3.63) is 119 Å². The molecular formula is C36H42FeN6O9. The van der Waals surface area contributed by atoms with Gasteiger partial charge in [0.05, 0.1) is 17.1 Å². The fourth-order valence-electron chi connectivity index (χ4n) is 5.40. The van der Waals surface area contributed by atoms with E-state index in [4.69, 9.17) is 0 Å². The molecule has 4 rings (SSSR count). The molecular weight excluding hydrogens is 716 g/mol. The molecule has 0 fully saturated rings. The Labute approximate surface area is 309 Å². The summed E-state index contributed by atoms with van der Waals surface area (Å²) in [5, 5.41) is 38.1. The van der Waals surface area contributed by atoms with Gasteiger partial charge in [-0.15, -0.1) is 0 Å². The Morgan fingerprint density at radius 3 is 1.02 bits per heavy atom. The number of nitrogens with one attached hydrogen (secondary N) is 3. The second-order valence-corrected chi connectivity index (χ2v) is 12.0. The van der Waals surface area contributed by atoms with Crippen LogP contribution in [-0.2, 0) is 36.7 Å². The summed E-state index contributed by atoms with van der Waals surface area (Å²) in [6.45, 7) is 6.75. The monoisotopic (exact) mass is 758 g/mol. The molecule has 3 aromatic heterocycles. The molecule has 52 heavy (non-hydrogen) atoms. The number of hydrogen-bond acceptors (Lipinski definition) is 9. The predicted molar refractivity (Wildman–Crippen MR) is 189 cm³/mol. The molecule has 0 aliphatic carbocycles. The fraction of sp³-hybridized carbons (Fsp3) is 0.333. The first-order chi connectivity index (χ1) is 24.3. The Balaban J connectivity index is 0.00000729. The summed E-state index contributed by atoms with van der Waals surface area (Å²) >= 11 is 0. The van der Waals surface area contributed by atoms with Gasteiger partial charge in [-0.05, 0) is 58.2 Å². The fourth-order valence-corrected chi connectivity index (χ4v) is 5.40. The van der Waals surface area contributed by atoms with Gasteiger partial charge in [-0.3, -0.25) is 28.8 Å². The van der Waals surface area contributed by atoms with Gasteiger partial charge in [0.1, 0.15) is 0 Å². The summed E-state index contributed by atoms with van der Waals surface area (Å²) in [6.07, 6.45) is 6.06. The van der Waals surface area contributed by atoms with E-state index in [1.165, 1.54) is 36.4 Å². The van der Waals surface area contributed by atoms with E-state index in [9.17, 15) is 44.1 Å². The van der Waals surface area contributed by atoms with Crippen LogP contribution in [0.15, 0.2) is 69.4 Å². The maximum atomic E-state index is 13.2. The standard InChI is InChI=1S/C36H42N6O9.Fe/c1-22-31(46)28(43)7-16-40(22)13-4-10-37-34(49)25-19-26(35(50)38-11-5-14-41-17-8-29(44)32(47)23(41)2)21-27(20-25)36(51)39-12-6-15-42-18-9-30(45)33(48)24(42)3;/h7-9,16-21,46-48H,4-6,10-15H2,1-3H3,(H,37,49)(H,38,50)(H,39,51);. The first kappa shape index (κ1) is 40.8. The van der Waals surface area contributed by atoms with Crippen LogP contribution in [0.1, 0.15) is 67.4 Å². The number of benzene rings is 1. The number of pyridine rings is 3. The molecule has 15 nitrogen and oxygen atoms in total. The van der Waals surface area contributed by atoms with E-state index in [-0.39, 0.29) is 70.6 Å². The first-order valence-corrected chi connectivity index (χ1v) is 16.4. The quantitative estimate of drug-likeness (QED) is 0.0768. The van der Waals surface area contributed by atoms with Crippen LogP contribution in [-0.4, -0.2) is 66.4 Å². The molecule has 0 bridgehead atoms. The van der Waals surface area contributed by atoms with E-state index in [2.05, 4.69) is 16.0 Å². The third-order valence-corrected chi connectivity index (χ3v) is 8.54. The van der Waals surface area contributed by atoms with E-state index in [1.54, 1.807) is 53.1 Å². The number of amides is 3. The largest absolute Gasteiger partial charge is 0.503 e. The van der Waals surface area contributed by atoms with Crippen molar-refractivity contribution in [2.45, 2.75) is 59.7 Å². The molecule has 0 atom stereocenters. The number of carbonyl (C=O) groups excluding carboxylic acids is 3. The van der Waals surface area contributed by atoms with Crippen LogP contribution >= 0.6 is 0 Å². The van der Waals surface area contributed by atoms with Crippen molar-refractivity contribution in [3.8, 4) is 17.2 Å². The van der Waals surface area contributed by atoms with Crippen LogP contribution in [0.25, 0.3) is 0 Å². The summed E-state index contributed by atoms with van der Waals surface area (Å²) in [5.41, 5.74) is 0.0443. The molecule has 0 saturated carbocycles. The zero-order valence-electron chi connectivity index (χ0n) is 29.0. The molecule has 3 heterocycles. The summed E-state index contributed by atoms with van der Waals surface area (Å²) in [6, 6.07) is 7.95. The van der Waals surface area contributed by atoms with Crippen LogP contribution in [0.4, 0.5) is 0 Å². The van der Waals surface area contributed by atoms with Crippen molar-refractivity contribution >= 4 is 17.7 Å². The molecule has 278 valence electrons. The Morgan fingerprint density at radius 2 is 0.769 bits per heavy atom. The van der Waals surface area contributed by atoms with Crippen molar-refractivity contribution in [2.24, 2.45) is 0 Å². The summed E-state index contributed by atoms with van der Waals surface area (Å²) in [4.78, 5) is 74.6. The van der Waals surface area contributed by atoms with Gasteiger partial charge in [0.15, 0.2) is 17.2 Å². The van der Waals surface area contributed by atoms with Crippen LogP contribution in [0.5, 0.6) is 17.2 Å². The van der Waals surface area contributed by atoms with Gasteiger partial charge < -0.3 is 45.0 Å². The molecule has 0 saturated heterocycles. The minimum atomic E-state index is -0.514. The smallest absolute Gasteiger partial charge is 0.251 e. The third kappa shape index (κ3) is 10.2. The van der Waals surface area contributed by atoms with Crippen LogP contribution in [0.3, 0.4) is 0 Å². The average Bonchev–Trinajstić information content (AvgIpc) is 3.12. The second kappa shape index (κ2) is 18.6. The van der Waals surface area contributed by atoms with Crippen LogP contribution < -0.4 is 32.2 Å². The van der Waals surface area contributed by atoms with E-state index >= 15 is 0 Å². The molecule has 0 radical (unpaired) electrons. The zero-order valence-corrected chi connectivity index (χ0v) is 30.2. The average molecular weight is 759 g/mol. The minimum Gasteiger partial charge on any atom is -0.503 e. The van der Waals surface area contributed by atoms with Gasteiger partial charge in [-0.25, -0.2) is 0 Å². The number of aryl methyl sites for hydroxylation is 3. The van der Waals surface area contributed by atoms with E-state index in [0.717, 1.165) is 0 Å². The van der Waals surface area contributed by atoms with Gasteiger partial charge in [0.25, 0.3) is 17.7 Å². The van der Waals surface area contributed by atoms with Gasteiger partial charge in [0.2, 0.25) is 16.3 Å². The summed E-state index contributed by atoms with van der Waals surface area (Å²) in [7, 11) is 0. The van der Waals surface area contributed by atoms with Crippen molar-refractivity contribution in [1.82, 2.24) is 29.7 Å². The van der Waals surface area contributed by atoms with E-state index < -0.39 is 34.0 Å². The van der Waals surface area contributed by atoms with Gasteiger partial charge >= 0.3 is 0 Å². The molecule has 4 aromatic rings. The molecule has 1 aromatic carbocycles. The maximum Gasteiger partial charge on any atom is 0.251 e. The van der Waals surface area contributed by atoms with E-state index in [0.29, 0.717) is 56.0 Å². The normalized spacial score (nSPS) is 10.7. The number of hydrogen-bond donors (Lipinski definition) is 6. The Kier molecular flexibility index (Phi) is 14.6. The summed E-state index contributed by atoms with van der Waals surface area (Å²) in [5.74, 6) is -2.54. The van der Waals surface area contributed by atoms with Crippen molar-refractivity contribution in [3.63, 3.8) is 0 Å². The molecule has 16 heteroatoms. The first-order valence-electron chi connectivity index (χ1n) is 16.4. The van der Waals surface area contributed by atoms with Gasteiger partial charge in [-0.1, -0.05) is 0 Å². The molecule has 0 spiro atoms. The Hall–Kier alpha value is -5.60. The number of nitrogens with zero attached hydrogens (tertiary/aromatic N) is 3. The predicted octanol–water partition coefficient (Wildman–Crippen LogP) is 1.67. The number of aromatic hydroxyl groups is 3.